The van der Waals surface area contributed by atoms with Crippen molar-refractivity contribution in [1.82, 2.24) is 9.47 Å². The Labute approximate surface area is 140 Å². The highest BCUT2D eigenvalue weighted by Crippen LogP contribution is 2.22. The van der Waals surface area contributed by atoms with Crippen LogP contribution in [0.4, 0.5) is 0 Å². The van der Waals surface area contributed by atoms with Crippen molar-refractivity contribution in [2.45, 2.75) is 25.3 Å². The molecule has 0 bridgehead atoms. The fraction of sp³-hybridized carbons (Fsp3) is 0.444. The Morgan fingerprint density at radius 1 is 1.33 bits per heavy atom. The monoisotopic (exact) mass is 330 g/mol. The Morgan fingerprint density at radius 2 is 2.12 bits per heavy atom. The summed E-state index contributed by atoms with van der Waals surface area (Å²) in [6.07, 6.45) is 3.02. The number of rotatable bonds is 5. The number of carboxylic acids is 1. The molecule has 1 atom stereocenters. The van der Waals surface area contributed by atoms with Crippen LogP contribution < -0.4 is 0 Å². The number of carboxylic acid groups (broad SMARTS) is 1. The van der Waals surface area contributed by atoms with Crippen LogP contribution in [-0.4, -0.2) is 52.3 Å². The highest BCUT2D eigenvalue weighted by Gasteiger charge is 2.28. The van der Waals surface area contributed by atoms with Gasteiger partial charge in [-0.2, -0.15) is 0 Å². The van der Waals surface area contributed by atoms with Crippen molar-refractivity contribution in [3.8, 4) is 0 Å². The van der Waals surface area contributed by atoms with Gasteiger partial charge in [0.15, 0.2) is 0 Å². The Kier molecular flexibility index (Phi) is 4.85. The van der Waals surface area contributed by atoms with Crippen molar-refractivity contribution in [3.63, 3.8) is 0 Å². The minimum absolute atomic E-state index is 0.00233. The summed E-state index contributed by atoms with van der Waals surface area (Å²) in [5.74, 6) is -0.908. The molecular formula is C18H22N2O4. The summed E-state index contributed by atoms with van der Waals surface area (Å²) in [7, 11) is 2.00. The standard InChI is InChI=1S/C18H22N2O4/c1-19-11-13(15-4-2-3-5-16(15)19)6-7-17(21)20-8-9-24-12-14(20)10-18(22)23/h2-5,11,14H,6-10,12H2,1H3,(H,22,23). The second-order valence-electron chi connectivity index (χ2n) is 6.20. The van der Waals surface area contributed by atoms with Crippen LogP contribution >= 0.6 is 0 Å². The van der Waals surface area contributed by atoms with Crippen molar-refractivity contribution in [2.75, 3.05) is 19.8 Å². The van der Waals surface area contributed by atoms with Crippen LogP contribution in [0.2, 0.25) is 0 Å². The van der Waals surface area contributed by atoms with Gasteiger partial charge >= 0.3 is 5.97 Å². The SMILES string of the molecule is Cn1cc(CCC(=O)N2CCOCC2CC(=O)O)c2ccccc21. The van der Waals surface area contributed by atoms with Gasteiger partial charge in [-0.15, -0.1) is 0 Å². The van der Waals surface area contributed by atoms with Gasteiger partial charge in [0.25, 0.3) is 0 Å². The lowest BCUT2D eigenvalue weighted by Crippen LogP contribution is -2.49. The summed E-state index contributed by atoms with van der Waals surface area (Å²) in [6.45, 7) is 1.23. The van der Waals surface area contributed by atoms with Crippen molar-refractivity contribution in [1.29, 1.82) is 0 Å². The van der Waals surface area contributed by atoms with Gasteiger partial charge in [-0.3, -0.25) is 9.59 Å². The normalized spacial score (nSPS) is 18.0. The maximum absolute atomic E-state index is 12.6. The zero-order chi connectivity index (χ0) is 17.1. The first-order valence-electron chi connectivity index (χ1n) is 8.18. The van der Waals surface area contributed by atoms with Crippen LogP contribution in [0.5, 0.6) is 0 Å². The molecule has 1 aliphatic rings. The third-order valence-corrected chi connectivity index (χ3v) is 4.55. The highest BCUT2D eigenvalue weighted by molar-refractivity contribution is 5.85. The topological polar surface area (TPSA) is 71.8 Å². The number of hydrogen-bond acceptors (Lipinski definition) is 3. The molecule has 0 aliphatic carbocycles. The maximum Gasteiger partial charge on any atom is 0.305 e. The molecule has 24 heavy (non-hydrogen) atoms. The smallest absolute Gasteiger partial charge is 0.305 e. The number of aliphatic carboxylic acids is 1. The number of benzene rings is 1. The van der Waals surface area contributed by atoms with Gasteiger partial charge in [0.2, 0.25) is 5.91 Å². The van der Waals surface area contributed by atoms with Crippen LogP contribution in [0, 0.1) is 0 Å². The van der Waals surface area contributed by atoms with Gasteiger partial charge in [0.05, 0.1) is 25.7 Å². The maximum atomic E-state index is 12.6. The Balaban J connectivity index is 1.68. The van der Waals surface area contributed by atoms with Gasteiger partial charge in [-0.05, 0) is 18.1 Å². The van der Waals surface area contributed by atoms with E-state index in [1.165, 1.54) is 0 Å². The summed E-state index contributed by atoms with van der Waals surface area (Å²) in [5, 5.41) is 10.2. The third kappa shape index (κ3) is 3.43. The predicted molar refractivity (Wildman–Crippen MR) is 89.8 cm³/mol. The molecule has 2 aromatic rings. The van der Waals surface area contributed by atoms with Gasteiger partial charge < -0.3 is 19.3 Å². The van der Waals surface area contributed by atoms with Crippen molar-refractivity contribution in [2.24, 2.45) is 7.05 Å². The predicted octanol–water partition coefficient (Wildman–Crippen LogP) is 1.81. The molecular weight excluding hydrogens is 308 g/mol. The third-order valence-electron chi connectivity index (χ3n) is 4.55. The lowest BCUT2D eigenvalue weighted by molar-refractivity contribution is -0.146. The molecule has 6 heteroatoms. The lowest BCUT2D eigenvalue weighted by Gasteiger charge is -2.35. The number of hydrogen-bond donors (Lipinski definition) is 1. The van der Waals surface area contributed by atoms with Crippen LogP contribution in [-0.2, 0) is 27.8 Å². The Hall–Kier alpha value is -2.34. The minimum Gasteiger partial charge on any atom is -0.481 e. The molecule has 2 heterocycles. The van der Waals surface area contributed by atoms with E-state index < -0.39 is 5.97 Å². The minimum atomic E-state index is -0.905. The van der Waals surface area contributed by atoms with E-state index in [4.69, 9.17) is 9.84 Å². The van der Waals surface area contributed by atoms with E-state index in [0.717, 1.165) is 16.5 Å². The lowest BCUT2D eigenvalue weighted by atomic mass is 10.1. The first-order valence-corrected chi connectivity index (χ1v) is 8.18. The number of para-hydroxylation sites is 1. The number of carbonyl (C=O) groups excluding carboxylic acids is 1. The van der Waals surface area contributed by atoms with Crippen molar-refractivity contribution in [3.05, 3.63) is 36.0 Å². The molecule has 3 rings (SSSR count). The number of amides is 1. The second kappa shape index (κ2) is 7.05. The summed E-state index contributed by atoms with van der Waals surface area (Å²) >= 11 is 0. The fourth-order valence-corrected chi connectivity index (χ4v) is 3.36. The molecule has 1 saturated heterocycles. The quantitative estimate of drug-likeness (QED) is 0.907. The number of nitrogens with zero attached hydrogens (tertiary/aromatic N) is 2. The van der Waals surface area contributed by atoms with Gasteiger partial charge in [-0.25, -0.2) is 0 Å². The number of carbonyl (C=O) groups is 2. The van der Waals surface area contributed by atoms with Gasteiger partial charge in [0, 0.05) is 37.1 Å². The molecule has 1 N–H and O–H groups in total. The summed E-state index contributed by atoms with van der Waals surface area (Å²) in [6, 6.07) is 7.76. The fourth-order valence-electron chi connectivity index (χ4n) is 3.36. The van der Waals surface area contributed by atoms with E-state index in [-0.39, 0.29) is 18.4 Å². The number of ether oxygens (including phenoxy) is 1. The average Bonchev–Trinajstić information content (AvgIpc) is 2.89. The van der Waals surface area contributed by atoms with Gasteiger partial charge in [-0.1, -0.05) is 18.2 Å². The van der Waals surface area contributed by atoms with Crippen molar-refractivity contribution < 1.29 is 19.4 Å². The van der Waals surface area contributed by atoms with Crippen LogP contribution in [0.15, 0.2) is 30.5 Å². The summed E-state index contributed by atoms with van der Waals surface area (Å²) < 4.78 is 7.39. The van der Waals surface area contributed by atoms with Crippen LogP contribution in [0.25, 0.3) is 10.9 Å². The van der Waals surface area contributed by atoms with E-state index in [9.17, 15) is 9.59 Å². The molecule has 0 radical (unpaired) electrons. The summed E-state index contributed by atoms with van der Waals surface area (Å²) in [4.78, 5) is 25.2. The number of aryl methyl sites for hydroxylation is 2. The molecule has 1 amide bonds. The van der Waals surface area contributed by atoms with E-state index in [1.54, 1.807) is 4.90 Å². The largest absolute Gasteiger partial charge is 0.481 e. The first kappa shape index (κ1) is 16.5. The van der Waals surface area contributed by atoms with E-state index >= 15 is 0 Å². The Morgan fingerprint density at radius 3 is 2.92 bits per heavy atom. The van der Waals surface area contributed by atoms with Crippen LogP contribution in [0.3, 0.4) is 0 Å². The van der Waals surface area contributed by atoms with Gasteiger partial charge in [0.1, 0.15) is 0 Å². The van der Waals surface area contributed by atoms with Crippen molar-refractivity contribution >= 4 is 22.8 Å². The van der Waals surface area contributed by atoms with E-state index in [2.05, 4.69) is 22.9 Å². The molecule has 6 nitrogen and oxygen atoms in total. The van der Waals surface area contributed by atoms with Crippen LogP contribution in [0.1, 0.15) is 18.4 Å². The molecule has 1 unspecified atom stereocenters. The van der Waals surface area contributed by atoms with E-state index in [0.29, 0.717) is 32.6 Å². The van der Waals surface area contributed by atoms with E-state index in [1.807, 2.05) is 19.2 Å². The number of aromatic nitrogens is 1. The Bertz CT molecular complexity index is 753. The molecule has 1 fully saturated rings. The molecule has 0 spiro atoms. The zero-order valence-corrected chi connectivity index (χ0v) is 13.8. The zero-order valence-electron chi connectivity index (χ0n) is 13.8. The molecule has 1 aliphatic heterocycles. The first-order chi connectivity index (χ1) is 11.6. The number of fused-ring (bicyclic) bond motifs is 1. The second-order valence-corrected chi connectivity index (χ2v) is 6.20. The molecule has 128 valence electrons. The highest BCUT2D eigenvalue weighted by atomic mass is 16.5. The molecule has 1 aromatic carbocycles. The molecule has 1 aromatic heterocycles. The summed E-state index contributed by atoms with van der Waals surface area (Å²) in [5.41, 5.74) is 2.29. The molecule has 0 saturated carbocycles. The number of morpholine rings is 1. The average molecular weight is 330 g/mol.